The highest BCUT2D eigenvalue weighted by atomic mass is 14.9. The average molecular weight is 219 g/mol. The van der Waals surface area contributed by atoms with Gasteiger partial charge >= 0.3 is 0 Å². The van der Waals surface area contributed by atoms with E-state index in [2.05, 4.69) is 22.2 Å². The molecule has 2 rings (SSSR count). The fraction of sp³-hybridized carbons (Fsp3) is 0.692. The van der Waals surface area contributed by atoms with Crippen molar-refractivity contribution in [2.45, 2.75) is 45.1 Å². The van der Waals surface area contributed by atoms with Gasteiger partial charge in [0.05, 0.1) is 5.69 Å². The van der Waals surface area contributed by atoms with Crippen LogP contribution >= 0.6 is 0 Å². The molecule has 88 valence electrons. The molecule has 1 aromatic heterocycles. The predicted octanol–water partition coefficient (Wildman–Crippen LogP) is 2.71. The highest BCUT2D eigenvalue weighted by molar-refractivity contribution is 5.05. The van der Waals surface area contributed by atoms with Gasteiger partial charge in [-0.25, -0.2) is 9.97 Å². The Hall–Kier alpha value is -0.960. The van der Waals surface area contributed by atoms with Crippen molar-refractivity contribution in [1.82, 2.24) is 15.3 Å². The molecule has 1 aromatic rings. The molecular formula is C13H21N3. The van der Waals surface area contributed by atoms with Crippen LogP contribution < -0.4 is 5.32 Å². The summed E-state index contributed by atoms with van der Waals surface area (Å²) in [6.07, 6.45) is 10.3. The first-order chi connectivity index (χ1) is 7.90. The summed E-state index contributed by atoms with van der Waals surface area (Å²) in [6, 6.07) is 2.44. The van der Waals surface area contributed by atoms with Crippen molar-refractivity contribution < 1.29 is 0 Å². The number of nitrogens with one attached hydrogen (secondary N) is 1. The molecule has 1 aliphatic rings. The van der Waals surface area contributed by atoms with E-state index < -0.39 is 0 Å². The van der Waals surface area contributed by atoms with Crippen LogP contribution in [-0.2, 0) is 0 Å². The maximum atomic E-state index is 4.37. The summed E-state index contributed by atoms with van der Waals surface area (Å²) in [6.45, 7) is 3.16. The van der Waals surface area contributed by atoms with E-state index in [0.717, 1.165) is 18.2 Å². The van der Waals surface area contributed by atoms with Gasteiger partial charge in [0.2, 0.25) is 0 Å². The minimum atomic E-state index is 0.413. The van der Waals surface area contributed by atoms with E-state index in [-0.39, 0.29) is 0 Å². The number of nitrogens with zero attached hydrogens (tertiary/aromatic N) is 2. The monoisotopic (exact) mass is 219 g/mol. The third kappa shape index (κ3) is 3.01. The lowest BCUT2D eigenvalue weighted by molar-refractivity contribution is 0.394. The smallest absolute Gasteiger partial charge is 0.115 e. The third-order valence-electron chi connectivity index (χ3n) is 3.46. The van der Waals surface area contributed by atoms with E-state index in [9.17, 15) is 0 Å². The number of hydrogen-bond donors (Lipinski definition) is 1. The van der Waals surface area contributed by atoms with Crippen molar-refractivity contribution in [1.29, 1.82) is 0 Å². The molecule has 1 heterocycles. The SMILES string of the molecule is CCNC(CC1CCCC1)c1ccncn1. The van der Waals surface area contributed by atoms with Gasteiger partial charge in [-0.1, -0.05) is 32.6 Å². The molecule has 3 heteroatoms. The number of hydrogen-bond acceptors (Lipinski definition) is 3. The summed E-state index contributed by atoms with van der Waals surface area (Å²) >= 11 is 0. The van der Waals surface area contributed by atoms with Crippen molar-refractivity contribution in [3.05, 3.63) is 24.3 Å². The highest BCUT2D eigenvalue weighted by Gasteiger charge is 2.21. The molecule has 0 radical (unpaired) electrons. The molecule has 1 saturated carbocycles. The van der Waals surface area contributed by atoms with Gasteiger partial charge in [0.1, 0.15) is 6.33 Å². The van der Waals surface area contributed by atoms with Crippen molar-refractivity contribution in [2.24, 2.45) is 5.92 Å². The molecule has 1 fully saturated rings. The van der Waals surface area contributed by atoms with Gasteiger partial charge in [-0.05, 0) is 24.9 Å². The zero-order valence-electron chi connectivity index (χ0n) is 10.0. The summed E-state index contributed by atoms with van der Waals surface area (Å²) in [5.74, 6) is 0.888. The second-order valence-corrected chi connectivity index (χ2v) is 4.63. The molecule has 3 nitrogen and oxygen atoms in total. The lowest BCUT2D eigenvalue weighted by Gasteiger charge is -2.20. The van der Waals surface area contributed by atoms with E-state index in [1.165, 1.54) is 32.1 Å². The predicted molar refractivity (Wildman–Crippen MR) is 65.0 cm³/mol. The van der Waals surface area contributed by atoms with Crippen LogP contribution in [0.4, 0.5) is 0 Å². The average Bonchev–Trinajstić information content (AvgIpc) is 2.83. The Morgan fingerprint density at radius 1 is 1.44 bits per heavy atom. The Morgan fingerprint density at radius 3 is 2.88 bits per heavy atom. The Kier molecular flexibility index (Phi) is 4.28. The fourth-order valence-electron chi connectivity index (χ4n) is 2.64. The van der Waals surface area contributed by atoms with Crippen LogP contribution in [0, 0.1) is 5.92 Å². The summed E-state index contributed by atoms with van der Waals surface area (Å²) in [7, 11) is 0. The van der Waals surface area contributed by atoms with Crippen molar-refractivity contribution >= 4 is 0 Å². The van der Waals surface area contributed by atoms with Crippen molar-refractivity contribution in [3.8, 4) is 0 Å². The van der Waals surface area contributed by atoms with Gasteiger partial charge in [-0.2, -0.15) is 0 Å². The van der Waals surface area contributed by atoms with E-state index in [0.29, 0.717) is 6.04 Å². The van der Waals surface area contributed by atoms with Crippen LogP contribution in [0.5, 0.6) is 0 Å². The van der Waals surface area contributed by atoms with Gasteiger partial charge < -0.3 is 5.32 Å². The molecule has 0 aliphatic heterocycles. The van der Waals surface area contributed by atoms with Gasteiger partial charge in [0, 0.05) is 12.2 Å². The minimum absolute atomic E-state index is 0.413. The Labute approximate surface area is 97.7 Å². The molecule has 0 aromatic carbocycles. The number of aromatic nitrogens is 2. The summed E-state index contributed by atoms with van der Waals surface area (Å²) in [5, 5.41) is 3.54. The van der Waals surface area contributed by atoms with Crippen molar-refractivity contribution in [3.63, 3.8) is 0 Å². The summed E-state index contributed by atoms with van der Waals surface area (Å²) in [5.41, 5.74) is 1.14. The molecule has 0 saturated heterocycles. The molecule has 1 unspecified atom stereocenters. The Bertz CT molecular complexity index is 293. The minimum Gasteiger partial charge on any atom is -0.309 e. The topological polar surface area (TPSA) is 37.8 Å². The Morgan fingerprint density at radius 2 is 2.25 bits per heavy atom. The van der Waals surface area contributed by atoms with Crippen LogP contribution in [0.15, 0.2) is 18.6 Å². The molecule has 0 bridgehead atoms. The maximum Gasteiger partial charge on any atom is 0.115 e. The van der Waals surface area contributed by atoms with E-state index >= 15 is 0 Å². The highest BCUT2D eigenvalue weighted by Crippen LogP contribution is 2.32. The van der Waals surface area contributed by atoms with Crippen LogP contribution in [0.2, 0.25) is 0 Å². The van der Waals surface area contributed by atoms with Crippen molar-refractivity contribution in [2.75, 3.05) is 6.54 Å². The van der Waals surface area contributed by atoms with E-state index in [1.54, 1.807) is 6.33 Å². The summed E-state index contributed by atoms with van der Waals surface area (Å²) in [4.78, 5) is 8.35. The lowest BCUT2D eigenvalue weighted by atomic mass is 9.96. The Balaban J connectivity index is 1.99. The van der Waals surface area contributed by atoms with E-state index in [1.807, 2.05) is 12.3 Å². The molecule has 16 heavy (non-hydrogen) atoms. The van der Waals surface area contributed by atoms with Crippen LogP contribution in [0.3, 0.4) is 0 Å². The number of rotatable bonds is 5. The third-order valence-corrected chi connectivity index (χ3v) is 3.46. The summed E-state index contributed by atoms with van der Waals surface area (Å²) < 4.78 is 0. The largest absolute Gasteiger partial charge is 0.309 e. The molecule has 1 aliphatic carbocycles. The first-order valence-corrected chi connectivity index (χ1v) is 6.39. The zero-order valence-corrected chi connectivity index (χ0v) is 10.0. The fourth-order valence-corrected chi connectivity index (χ4v) is 2.64. The molecule has 0 spiro atoms. The van der Waals surface area contributed by atoms with Crippen LogP contribution in [0.25, 0.3) is 0 Å². The molecule has 1 atom stereocenters. The standard InChI is InChI=1S/C13H21N3/c1-2-15-13(9-11-5-3-4-6-11)12-7-8-14-10-16-12/h7-8,10-11,13,15H,2-6,9H2,1H3. The van der Waals surface area contributed by atoms with Gasteiger partial charge in [-0.15, -0.1) is 0 Å². The normalized spacial score (nSPS) is 18.8. The molecule has 1 N–H and O–H groups in total. The second-order valence-electron chi connectivity index (χ2n) is 4.63. The van der Waals surface area contributed by atoms with Gasteiger partial charge in [-0.3, -0.25) is 0 Å². The quantitative estimate of drug-likeness (QED) is 0.827. The molecule has 0 amide bonds. The first kappa shape index (κ1) is 11.5. The zero-order chi connectivity index (χ0) is 11.2. The van der Waals surface area contributed by atoms with Gasteiger partial charge in [0.25, 0.3) is 0 Å². The second kappa shape index (κ2) is 5.94. The first-order valence-electron chi connectivity index (χ1n) is 6.39. The van der Waals surface area contributed by atoms with Crippen LogP contribution in [-0.4, -0.2) is 16.5 Å². The lowest BCUT2D eigenvalue weighted by Crippen LogP contribution is -2.23. The van der Waals surface area contributed by atoms with Gasteiger partial charge in [0.15, 0.2) is 0 Å². The van der Waals surface area contributed by atoms with E-state index in [4.69, 9.17) is 0 Å². The maximum absolute atomic E-state index is 4.37. The molecular weight excluding hydrogens is 198 g/mol. The van der Waals surface area contributed by atoms with Crippen LogP contribution in [0.1, 0.15) is 50.8 Å².